The van der Waals surface area contributed by atoms with Crippen molar-refractivity contribution in [2.75, 3.05) is 6.61 Å². The lowest BCUT2D eigenvalue weighted by molar-refractivity contribution is -0.143. The molecule has 0 spiro atoms. The summed E-state index contributed by atoms with van der Waals surface area (Å²) in [5.41, 5.74) is 0.937. The Balaban J connectivity index is 1.97. The number of amides is 1. The fourth-order valence-corrected chi connectivity index (χ4v) is 3.31. The second-order valence-electron chi connectivity index (χ2n) is 7.77. The maximum atomic E-state index is 12.0. The monoisotopic (exact) mass is 337 g/mol. The molecule has 1 saturated heterocycles. The molecule has 0 N–H and O–H groups in total. The molecule has 0 aliphatic carbocycles. The van der Waals surface area contributed by atoms with Crippen LogP contribution in [0.4, 0.5) is 0 Å². The molecule has 0 aromatic rings. The lowest BCUT2D eigenvalue weighted by Gasteiger charge is -2.37. The lowest BCUT2D eigenvalue weighted by atomic mass is 10.1. The van der Waals surface area contributed by atoms with Crippen molar-refractivity contribution >= 4 is 20.0 Å². The summed E-state index contributed by atoms with van der Waals surface area (Å²) in [6, 6.07) is 0. The van der Waals surface area contributed by atoms with Gasteiger partial charge in [0.2, 0.25) is 5.91 Å². The van der Waals surface area contributed by atoms with Crippen LogP contribution in [0.25, 0.3) is 0 Å². The zero-order chi connectivity index (χ0) is 17.4. The van der Waals surface area contributed by atoms with Gasteiger partial charge in [-0.1, -0.05) is 27.4 Å². The SMILES string of the molecule is C=C1C[C@@H](N2C=CC(=O)CC2=O)O[C@H]1CO[Si](C)(C)C(C)(C)C. The van der Waals surface area contributed by atoms with E-state index in [-0.39, 0.29) is 35.5 Å². The minimum Gasteiger partial charge on any atom is -0.414 e. The van der Waals surface area contributed by atoms with E-state index < -0.39 is 8.32 Å². The van der Waals surface area contributed by atoms with E-state index in [2.05, 4.69) is 40.4 Å². The topological polar surface area (TPSA) is 55.8 Å². The summed E-state index contributed by atoms with van der Waals surface area (Å²) in [7, 11) is -1.85. The summed E-state index contributed by atoms with van der Waals surface area (Å²) in [5, 5.41) is 0.137. The van der Waals surface area contributed by atoms with Crippen molar-refractivity contribution in [1.82, 2.24) is 4.90 Å². The van der Waals surface area contributed by atoms with Crippen molar-refractivity contribution in [2.24, 2.45) is 0 Å². The number of allylic oxidation sites excluding steroid dienone is 1. The number of carbonyl (C=O) groups excluding carboxylic acids is 2. The summed E-state index contributed by atoms with van der Waals surface area (Å²) in [5.74, 6) is -0.387. The van der Waals surface area contributed by atoms with Gasteiger partial charge in [0.25, 0.3) is 0 Å². The number of hydrogen-bond donors (Lipinski definition) is 0. The Labute approximate surface area is 139 Å². The third kappa shape index (κ3) is 3.99. The molecule has 23 heavy (non-hydrogen) atoms. The maximum absolute atomic E-state index is 12.0. The molecule has 0 bridgehead atoms. The Kier molecular flexibility index (Phi) is 4.99. The van der Waals surface area contributed by atoms with E-state index in [9.17, 15) is 9.59 Å². The standard InChI is InChI=1S/C17H27NO4Si/c1-12-9-16(18-8-7-13(19)10-15(18)20)22-14(12)11-21-23(5,6)17(2,3)4/h7-8,14,16H,1,9-11H2,2-6H3/t14-,16-/m0/s1. The Morgan fingerprint density at radius 2 is 2.04 bits per heavy atom. The van der Waals surface area contributed by atoms with Gasteiger partial charge in [-0.05, 0) is 29.8 Å². The molecule has 1 amide bonds. The normalized spacial score (nSPS) is 26.3. The predicted molar refractivity (Wildman–Crippen MR) is 91.2 cm³/mol. The van der Waals surface area contributed by atoms with Gasteiger partial charge in [-0.25, -0.2) is 0 Å². The Bertz CT molecular complexity index is 547. The zero-order valence-electron chi connectivity index (χ0n) is 14.7. The van der Waals surface area contributed by atoms with Crippen LogP contribution in [0.15, 0.2) is 24.4 Å². The van der Waals surface area contributed by atoms with Crippen LogP contribution in [-0.4, -0.2) is 43.8 Å². The summed E-state index contributed by atoms with van der Waals surface area (Å²) >= 11 is 0. The number of nitrogens with zero attached hydrogens (tertiary/aromatic N) is 1. The van der Waals surface area contributed by atoms with Crippen LogP contribution >= 0.6 is 0 Å². The van der Waals surface area contributed by atoms with Crippen molar-refractivity contribution in [3.05, 3.63) is 24.4 Å². The molecule has 2 atom stereocenters. The predicted octanol–water partition coefficient (Wildman–Crippen LogP) is 2.99. The lowest BCUT2D eigenvalue weighted by Crippen LogP contribution is -2.43. The van der Waals surface area contributed by atoms with Crippen molar-refractivity contribution in [2.45, 2.75) is 64.1 Å². The van der Waals surface area contributed by atoms with E-state index >= 15 is 0 Å². The first-order valence-electron chi connectivity index (χ1n) is 8.00. The largest absolute Gasteiger partial charge is 0.414 e. The van der Waals surface area contributed by atoms with Gasteiger partial charge in [0.05, 0.1) is 13.0 Å². The quantitative estimate of drug-likeness (QED) is 0.449. The van der Waals surface area contributed by atoms with E-state index in [4.69, 9.17) is 9.16 Å². The summed E-state index contributed by atoms with van der Waals surface area (Å²) in [6.07, 6.45) is 2.85. The smallest absolute Gasteiger partial charge is 0.236 e. The van der Waals surface area contributed by atoms with Crippen molar-refractivity contribution in [3.63, 3.8) is 0 Å². The van der Waals surface area contributed by atoms with Gasteiger partial charge in [0.15, 0.2) is 14.1 Å². The first-order valence-corrected chi connectivity index (χ1v) is 10.9. The van der Waals surface area contributed by atoms with Crippen molar-refractivity contribution < 1.29 is 18.8 Å². The first-order chi connectivity index (χ1) is 10.5. The van der Waals surface area contributed by atoms with Crippen molar-refractivity contribution in [3.8, 4) is 0 Å². The van der Waals surface area contributed by atoms with Gasteiger partial charge in [0.1, 0.15) is 12.3 Å². The van der Waals surface area contributed by atoms with E-state index in [1.807, 2.05) is 0 Å². The fraction of sp³-hybridized carbons (Fsp3) is 0.647. The molecule has 2 aliphatic rings. The highest BCUT2D eigenvalue weighted by Crippen LogP contribution is 2.37. The van der Waals surface area contributed by atoms with Gasteiger partial charge >= 0.3 is 0 Å². The first kappa shape index (κ1) is 18.1. The van der Waals surface area contributed by atoms with Crippen LogP contribution in [0, 0.1) is 0 Å². The third-order valence-electron chi connectivity index (χ3n) is 4.96. The second kappa shape index (κ2) is 6.34. The van der Waals surface area contributed by atoms with Crippen molar-refractivity contribution in [1.29, 1.82) is 0 Å². The Morgan fingerprint density at radius 1 is 1.39 bits per heavy atom. The van der Waals surface area contributed by atoms with Crippen LogP contribution in [0.5, 0.6) is 0 Å². The molecule has 2 heterocycles. The summed E-state index contributed by atoms with van der Waals surface area (Å²) in [6.45, 7) is 15.5. The molecule has 1 fully saturated rings. The molecular formula is C17H27NO4Si. The number of carbonyl (C=O) groups is 2. The zero-order valence-corrected chi connectivity index (χ0v) is 15.7. The molecule has 0 aromatic heterocycles. The summed E-state index contributed by atoms with van der Waals surface area (Å²) in [4.78, 5) is 24.7. The number of hydrogen-bond acceptors (Lipinski definition) is 4. The van der Waals surface area contributed by atoms with Crippen LogP contribution in [0.3, 0.4) is 0 Å². The molecule has 0 saturated carbocycles. The molecule has 0 aromatic carbocycles. The van der Waals surface area contributed by atoms with Gasteiger partial charge in [-0.15, -0.1) is 0 Å². The third-order valence-corrected chi connectivity index (χ3v) is 9.46. The number of ketones is 1. The highest BCUT2D eigenvalue weighted by Gasteiger charge is 2.40. The molecule has 0 unspecified atom stereocenters. The minimum absolute atomic E-state index is 0.0893. The number of rotatable bonds is 4. The molecule has 128 valence electrons. The van der Waals surface area contributed by atoms with Gasteiger partial charge < -0.3 is 9.16 Å². The molecule has 0 radical (unpaired) electrons. The van der Waals surface area contributed by atoms with Gasteiger partial charge in [0, 0.05) is 12.6 Å². The molecular weight excluding hydrogens is 310 g/mol. The van der Waals surface area contributed by atoms with Gasteiger partial charge in [-0.2, -0.15) is 0 Å². The second-order valence-corrected chi connectivity index (χ2v) is 12.6. The van der Waals surface area contributed by atoms with E-state index in [0.29, 0.717) is 13.0 Å². The maximum Gasteiger partial charge on any atom is 0.236 e. The molecule has 6 heteroatoms. The van der Waals surface area contributed by atoms with Gasteiger partial charge in [-0.3, -0.25) is 14.5 Å². The van der Waals surface area contributed by atoms with E-state index in [1.54, 1.807) is 0 Å². The van der Waals surface area contributed by atoms with E-state index in [0.717, 1.165) is 5.57 Å². The minimum atomic E-state index is -1.85. The highest BCUT2D eigenvalue weighted by molar-refractivity contribution is 6.74. The van der Waals surface area contributed by atoms with Crippen LogP contribution in [0.2, 0.25) is 18.1 Å². The molecule has 5 nitrogen and oxygen atoms in total. The average Bonchev–Trinajstić information content (AvgIpc) is 2.76. The molecule has 2 aliphatic heterocycles. The average molecular weight is 337 g/mol. The van der Waals surface area contributed by atoms with Crippen LogP contribution in [-0.2, 0) is 18.8 Å². The molecule has 2 rings (SSSR count). The Morgan fingerprint density at radius 3 is 2.61 bits per heavy atom. The van der Waals surface area contributed by atoms with Crippen LogP contribution < -0.4 is 0 Å². The number of ether oxygens (including phenoxy) is 1. The van der Waals surface area contributed by atoms with Crippen LogP contribution in [0.1, 0.15) is 33.6 Å². The Hall–Kier alpha value is -1.24. The highest BCUT2D eigenvalue weighted by atomic mass is 28.4. The van der Waals surface area contributed by atoms with E-state index in [1.165, 1.54) is 17.2 Å². The fourth-order valence-electron chi connectivity index (χ4n) is 2.31. The summed E-state index contributed by atoms with van der Waals surface area (Å²) < 4.78 is 12.2.